The summed E-state index contributed by atoms with van der Waals surface area (Å²) in [6, 6.07) is 0. The largest absolute Gasteiger partial charge is 0.396 e. The van der Waals surface area contributed by atoms with Crippen molar-refractivity contribution in [2.24, 2.45) is 17.1 Å². The number of nitrogen functional groups attached to an aromatic ring is 1. The smallest absolute Gasteiger partial charge is 0.261 e. The molecule has 5 N–H and O–H groups in total. The maximum absolute atomic E-state index is 11.4. The molecule has 1 heterocycles. The van der Waals surface area contributed by atoms with E-state index in [4.69, 9.17) is 11.5 Å². The van der Waals surface area contributed by atoms with Crippen LogP contribution in [0, 0.1) is 11.3 Å². The topological polar surface area (TPSA) is 81.1 Å². The number of primary amides is 1. The number of thioether (sulfide) groups is 1. The minimum absolute atomic E-state index is 0.436. The van der Waals surface area contributed by atoms with Crippen LogP contribution in [0.1, 0.15) is 35.4 Å². The number of amides is 1. The zero-order chi connectivity index (χ0) is 13.6. The number of hydrogen-bond donors (Lipinski definition) is 3. The Morgan fingerprint density at radius 3 is 2.68 bits per heavy atom. The van der Waals surface area contributed by atoms with Gasteiger partial charge in [0.05, 0.1) is 10.6 Å². The van der Waals surface area contributed by atoms with Gasteiger partial charge in [-0.1, -0.05) is 0 Å². The highest BCUT2D eigenvalue weighted by molar-refractivity contribution is 7.99. The van der Waals surface area contributed by atoms with Gasteiger partial charge in [0.2, 0.25) is 0 Å². The molecule has 4 nitrogen and oxygen atoms in total. The summed E-state index contributed by atoms with van der Waals surface area (Å²) in [7, 11) is 0. The van der Waals surface area contributed by atoms with Crippen LogP contribution >= 0.6 is 23.1 Å². The van der Waals surface area contributed by atoms with Crippen LogP contribution in [0.4, 0.5) is 10.7 Å². The first kappa shape index (κ1) is 13.1. The van der Waals surface area contributed by atoms with Gasteiger partial charge in [-0.05, 0) is 43.3 Å². The maximum atomic E-state index is 11.4. The summed E-state index contributed by atoms with van der Waals surface area (Å²) in [5, 5.41) is 4.52. The van der Waals surface area contributed by atoms with Crippen molar-refractivity contribution >= 4 is 39.7 Å². The number of thiophene rings is 1. The Morgan fingerprint density at radius 2 is 2.21 bits per heavy atom. The first-order chi connectivity index (χ1) is 9.07. The average Bonchev–Trinajstić information content (AvgIpc) is 3.24. The predicted molar refractivity (Wildman–Crippen MR) is 81.9 cm³/mol. The third-order valence-corrected chi connectivity index (χ3v) is 6.40. The van der Waals surface area contributed by atoms with Crippen molar-refractivity contribution < 1.29 is 4.79 Å². The maximum Gasteiger partial charge on any atom is 0.261 e. The lowest BCUT2D eigenvalue weighted by Gasteiger charge is -2.15. The van der Waals surface area contributed by atoms with Gasteiger partial charge in [-0.25, -0.2) is 0 Å². The molecule has 2 aliphatic rings. The van der Waals surface area contributed by atoms with Gasteiger partial charge in [0.15, 0.2) is 0 Å². The molecule has 3 rings (SSSR count). The molecule has 2 saturated carbocycles. The Morgan fingerprint density at radius 1 is 1.53 bits per heavy atom. The highest BCUT2D eigenvalue weighted by Crippen LogP contribution is 2.61. The zero-order valence-corrected chi connectivity index (χ0v) is 12.6. The Labute approximate surface area is 121 Å². The van der Waals surface area contributed by atoms with Crippen molar-refractivity contribution in [1.29, 1.82) is 0 Å². The molecule has 6 heteroatoms. The van der Waals surface area contributed by atoms with Crippen LogP contribution in [0.15, 0.2) is 4.90 Å². The van der Waals surface area contributed by atoms with Crippen molar-refractivity contribution in [1.82, 2.24) is 0 Å². The number of carbonyl (C=O) groups excluding carboxylic acids is 1. The number of nitrogens with one attached hydrogen (secondary N) is 1. The Kier molecular flexibility index (Phi) is 3.17. The van der Waals surface area contributed by atoms with Gasteiger partial charge >= 0.3 is 0 Å². The molecule has 1 aromatic heterocycles. The third-order valence-electron chi connectivity index (χ3n) is 4.26. The highest BCUT2D eigenvalue weighted by atomic mass is 32.2. The molecule has 19 heavy (non-hydrogen) atoms. The molecule has 2 aliphatic carbocycles. The number of nitrogens with two attached hydrogens (primary N) is 2. The fourth-order valence-corrected chi connectivity index (χ4v) is 4.66. The van der Waals surface area contributed by atoms with Crippen molar-refractivity contribution in [2.75, 3.05) is 23.9 Å². The Hall–Kier alpha value is -0.880. The Balaban J connectivity index is 1.76. The van der Waals surface area contributed by atoms with Gasteiger partial charge in [-0.2, -0.15) is 0 Å². The van der Waals surface area contributed by atoms with Crippen molar-refractivity contribution in [2.45, 2.75) is 30.6 Å². The summed E-state index contributed by atoms with van der Waals surface area (Å²) in [5.41, 5.74) is 12.4. The van der Waals surface area contributed by atoms with Crippen LogP contribution in [-0.4, -0.2) is 18.7 Å². The minimum atomic E-state index is -0.436. The molecule has 0 spiro atoms. The van der Waals surface area contributed by atoms with E-state index in [-0.39, 0.29) is 0 Å². The van der Waals surface area contributed by atoms with Gasteiger partial charge in [0, 0.05) is 6.54 Å². The average molecular weight is 297 g/mol. The molecule has 0 aromatic carbocycles. The van der Waals surface area contributed by atoms with E-state index in [1.807, 2.05) is 6.26 Å². The van der Waals surface area contributed by atoms with E-state index in [1.165, 1.54) is 37.0 Å². The first-order valence-electron chi connectivity index (χ1n) is 6.57. The molecule has 104 valence electrons. The van der Waals surface area contributed by atoms with E-state index in [1.54, 1.807) is 11.8 Å². The van der Waals surface area contributed by atoms with Crippen LogP contribution in [0.3, 0.4) is 0 Å². The summed E-state index contributed by atoms with van der Waals surface area (Å²) in [4.78, 5) is 12.8. The fraction of sp³-hybridized carbons (Fsp3) is 0.615. The summed E-state index contributed by atoms with van der Waals surface area (Å²) in [6.45, 7) is 1.00. The van der Waals surface area contributed by atoms with Crippen LogP contribution in [-0.2, 0) is 0 Å². The van der Waals surface area contributed by atoms with E-state index in [2.05, 4.69) is 5.32 Å². The number of rotatable bonds is 6. The monoisotopic (exact) mass is 297 g/mol. The van der Waals surface area contributed by atoms with E-state index in [0.717, 1.165) is 22.4 Å². The summed E-state index contributed by atoms with van der Waals surface area (Å²) >= 11 is 2.96. The van der Waals surface area contributed by atoms with Crippen molar-refractivity contribution in [3.8, 4) is 0 Å². The van der Waals surface area contributed by atoms with E-state index >= 15 is 0 Å². The van der Waals surface area contributed by atoms with Crippen LogP contribution in [0.25, 0.3) is 0 Å². The fourth-order valence-electron chi connectivity index (χ4n) is 2.77. The molecule has 0 bridgehead atoms. The van der Waals surface area contributed by atoms with Crippen molar-refractivity contribution in [3.63, 3.8) is 0 Å². The van der Waals surface area contributed by atoms with Gasteiger partial charge in [-0.3, -0.25) is 4.79 Å². The molecule has 0 unspecified atom stereocenters. The quantitative estimate of drug-likeness (QED) is 0.705. The molecule has 0 radical (unpaired) electrons. The zero-order valence-electron chi connectivity index (χ0n) is 11.0. The standard InChI is InChI=1S/C13H19N3OS2/c1-18-10-8(14)9(11(15)17)19-12(10)16-6-13(4-5-13)7-2-3-7/h7,16H,2-6,14H2,1H3,(H2,15,17). The second-order valence-electron chi connectivity index (χ2n) is 5.56. The predicted octanol–water partition coefficient (Wildman–Crippen LogP) is 2.75. The SMILES string of the molecule is CSc1c(NCC2(C3CC3)CC2)sc(C(N)=O)c1N. The van der Waals surface area contributed by atoms with Gasteiger partial charge in [-0.15, -0.1) is 23.1 Å². The molecule has 1 amide bonds. The second kappa shape index (κ2) is 4.59. The number of carbonyl (C=O) groups is 1. The van der Waals surface area contributed by atoms with E-state index in [0.29, 0.717) is 16.0 Å². The number of anilines is 2. The molecule has 0 atom stereocenters. The third kappa shape index (κ3) is 2.31. The summed E-state index contributed by atoms with van der Waals surface area (Å²) < 4.78 is 0. The Bertz CT molecular complexity index is 518. The summed E-state index contributed by atoms with van der Waals surface area (Å²) in [5.74, 6) is 0.486. The minimum Gasteiger partial charge on any atom is -0.396 e. The molecule has 0 aliphatic heterocycles. The van der Waals surface area contributed by atoms with Gasteiger partial charge in [0.25, 0.3) is 5.91 Å². The second-order valence-corrected chi connectivity index (χ2v) is 7.40. The number of hydrogen-bond acceptors (Lipinski definition) is 5. The first-order valence-corrected chi connectivity index (χ1v) is 8.61. The van der Waals surface area contributed by atoms with E-state index in [9.17, 15) is 4.79 Å². The highest BCUT2D eigenvalue weighted by Gasteiger charge is 2.53. The lowest BCUT2D eigenvalue weighted by atomic mass is 10.0. The van der Waals surface area contributed by atoms with E-state index < -0.39 is 5.91 Å². The van der Waals surface area contributed by atoms with Crippen LogP contribution < -0.4 is 16.8 Å². The summed E-state index contributed by atoms with van der Waals surface area (Å²) in [6.07, 6.45) is 7.42. The molecule has 1 aromatic rings. The van der Waals surface area contributed by atoms with Gasteiger partial charge < -0.3 is 16.8 Å². The lowest BCUT2D eigenvalue weighted by Crippen LogP contribution is -2.17. The molecular formula is C13H19N3OS2. The van der Waals surface area contributed by atoms with Gasteiger partial charge in [0.1, 0.15) is 9.88 Å². The lowest BCUT2D eigenvalue weighted by molar-refractivity contribution is 0.100. The molecular weight excluding hydrogens is 278 g/mol. The molecule has 0 saturated heterocycles. The van der Waals surface area contributed by atoms with Crippen molar-refractivity contribution in [3.05, 3.63) is 4.88 Å². The normalized spacial score (nSPS) is 20.3. The van der Waals surface area contributed by atoms with Crippen LogP contribution in [0.2, 0.25) is 0 Å². The molecule has 2 fully saturated rings. The van der Waals surface area contributed by atoms with Crippen LogP contribution in [0.5, 0.6) is 0 Å².